The van der Waals surface area contributed by atoms with Gasteiger partial charge in [-0.05, 0) is 32.0 Å². The Kier molecular flexibility index (Phi) is 5.51. The molecule has 2 rings (SSSR count). The van der Waals surface area contributed by atoms with Gasteiger partial charge in [-0.25, -0.2) is 8.42 Å². The fourth-order valence-electron chi connectivity index (χ4n) is 2.43. The number of hydrogen-bond acceptors (Lipinski definition) is 5. The molecule has 0 aliphatic carbocycles. The smallest absolute Gasteiger partial charge is 0.254 e. The molecule has 128 valence electrons. The van der Waals surface area contributed by atoms with Crippen molar-refractivity contribution in [3.05, 3.63) is 23.8 Å². The molecule has 23 heavy (non-hydrogen) atoms. The van der Waals surface area contributed by atoms with Gasteiger partial charge in [-0.3, -0.25) is 4.79 Å². The molecule has 1 saturated heterocycles. The molecule has 0 saturated carbocycles. The number of rotatable bonds is 7. The van der Waals surface area contributed by atoms with Gasteiger partial charge in [0.05, 0.1) is 18.5 Å². The van der Waals surface area contributed by atoms with Crippen molar-refractivity contribution in [2.24, 2.45) is 0 Å². The molecule has 1 aliphatic heterocycles. The van der Waals surface area contributed by atoms with Crippen molar-refractivity contribution in [1.29, 1.82) is 0 Å². The maximum absolute atomic E-state index is 12.4. The molecule has 7 heteroatoms. The Hall–Kier alpha value is -1.76. The average molecular weight is 341 g/mol. The van der Waals surface area contributed by atoms with E-state index in [-0.39, 0.29) is 24.7 Å². The van der Waals surface area contributed by atoms with Crippen LogP contribution in [0.15, 0.2) is 18.2 Å². The second-order valence-electron chi connectivity index (χ2n) is 5.31. The van der Waals surface area contributed by atoms with E-state index < -0.39 is 15.1 Å². The van der Waals surface area contributed by atoms with Crippen LogP contribution < -0.4 is 9.47 Å². The zero-order valence-electron chi connectivity index (χ0n) is 13.7. The summed E-state index contributed by atoms with van der Waals surface area (Å²) in [6, 6.07) is 5.04. The standard InChI is InChI=1S/C16H23NO5S/c1-4-21-14-8-7-12(9-15(14)22-5-2)16(18)17-10-13(11-17)23(19,20)6-3/h7-9,13H,4-6,10-11H2,1-3H3. The van der Waals surface area contributed by atoms with E-state index in [1.54, 1.807) is 30.0 Å². The van der Waals surface area contributed by atoms with Gasteiger partial charge in [-0.15, -0.1) is 0 Å². The summed E-state index contributed by atoms with van der Waals surface area (Å²) in [5.41, 5.74) is 0.476. The van der Waals surface area contributed by atoms with Gasteiger partial charge in [0.25, 0.3) is 5.91 Å². The first-order valence-electron chi connectivity index (χ1n) is 7.83. The van der Waals surface area contributed by atoms with Crippen LogP contribution >= 0.6 is 0 Å². The Morgan fingerprint density at radius 2 is 1.74 bits per heavy atom. The molecular weight excluding hydrogens is 318 g/mol. The lowest BCUT2D eigenvalue weighted by Gasteiger charge is -2.38. The van der Waals surface area contributed by atoms with Crippen LogP contribution in [-0.2, 0) is 9.84 Å². The number of carbonyl (C=O) groups excluding carboxylic acids is 1. The molecule has 6 nitrogen and oxygen atoms in total. The highest BCUT2D eigenvalue weighted by molar-refractivity contribution is 7.92. The van der Waals surface area contributed by atoms with Crippen LogP contribution in [0.1, 0.15) is 31.1 Å². The van der Waals surface area contributed by atoms with Crippen LogP contribution in [0.2, 0.25) is 0 Å². The minimum atomic E-state index is -3.08. The second-order valence-corrected chi connectivity index (χ2v) is 7.88. The Labute approximate surface area is 137 Å². The van der Waals surface area contributed by atoms with Gasteiger partial charge in [0.15, 0.2) is 21.3 Å². The summed E-state index contributed by atoms with van der Waals surface area (Å²) >= 11 is 0. The zero-order chi connectivity index (χ0) is 17.0. The first kappa shape index (κ1) is 17.6. The third kappa shape index (κ3) is 3.77. The summed E-state index contributed by atoms with van der Waals surface area (Å²) in [7, 11) is -3.08. The molecule has 1 fully saturated rings. The molecule has 1 aliphatic rings. The molecule has 0 spiro atoms. The highest BCUT2D eigenvalue weighted by Gasteiger charge is 2.39. The molecule has 1 amide bonds. The third-order valence-corrected chi connectivity index (χ3v) is 5.95. The van der Waals surface area contributed by atoms with Crippen molar-refractivity contribution in [3.63, 3.8) is 0 Å². The van der Waals surface area contributed by atoms with E-state index in [0.717, 1.165) is 0 Å². The minimum absolute atomic E-state index is 0.108. The van der Waals surface area contributed by atoms with Gasteiger partial charge < -0.3 is 14.4 Å². The van der Waals surface area contributed by atoms with Gasteiger partial charge in [0.2, 0.25) is 0 Å². The molecule has 0 radical (unpaired) electrons. The lowest BCUT2D eigenvalue weighted by molar-refractivity contribution is 0.0658. The van der Waals surface area contributed by atoms with Gasteiger partial charge >= 0.3 is 0 Å². The fourth-order valence-corrected chi connectivity index (χ4v) is 3.72. The number of hydrogen-bond donors (Lipinski definition) is 0. The summed E-state index contributed by atoms with van der Waals surface area (Å²) in [6.45, 7) is 6.86. The molecule has 1 aromatic carbocycles. The van der Waals surface area contributed by atoms with E-state index in [0.29, 0.717) is 30.3 Å². The summed E-state index contributed by atoms with van der Waals surface area (Å²) in [4.78, 5) is 14.0. The van der Waals surface area contributed by atoms with Crippen LogP contribution in [0, 0.1) is 0 Å². The molecular formula is C16H23NO5S. The van der Waals surface area contributed by atoms with Gasteiger partial charge in [-0.2, -0.15) is 0 Å². The molecule has 0 aromatic heterocycles. The molecule has 0 N–H and O–H groups in total. The van der Waals surface area contributed by atoms with Gasteiger partial charge in [0, 0.05) is 24.4 Å². The van der Waals surface area contributed by atoms with E-state index >= 15 is 0 Å². The normalized spacial score (nSPS) is 15.2. The van der Waals surface area contributed by atoms with E-state index in [2.05, 4.69) is 0 Å². The Morgan fingerprint density at radius 3 is 2.30 bits per heavy atom. The van der Waals surface area contributed by atoms with E-state index in [1.807, 2.05) is 13.8 Å². The number of ether oxygens (including phenoxy) is 2. The largest absolute Gasteiger partial charge is 0.490 e. The van der Waals surface area contributed by atoms with Crippen molar-refractivity contribution >= 4 is 15.7 Å². The van der Waals surface area contributed by atoms with Crippen LogP contribution in [-0.4, -0.2) is 56.5 Å². The van der Waals surface area contributed by atoms with Crippen LogP contribution in [0.3, 0.4) is 0 Å². The quantitative estimate of drug-likeness (QED) is 0.755. The Bertz CT molecular complexity index is 665. The Balaban J connectivity index is 2.10. The number of amides is 1. The van der Waals surface area contributed by atoms with Crippen molar-refractivity contribution in [2.45, 2.75) is 26.0 Å². The average Bonchev–Trinajstić information content (AvgIpc) is 2.47. The van der Waals surface area contributed by atoms with Crippen LogP contribution in [0.4, 0.5) is 0 Å². The molecule has 1 aromatic rings. The van der Waals surface area contributed by atoms with Crippen molar-refractivity contribution < 1.29 is 22.7 Å². The highest BCUT2D eigenvalue weighted by Crippen LogP contribution is 2.30. The number of benzene rings is 1. The van der Waals surface area contributed by atoms with Crippen molar-refractivity contribution in [2.75, 3.05) is 32.1 Å². The summed E-state index contributed by atoms with van der Waals surface area (Å²) < 4.78 is 34.5. The van der Waals surface area contributed by atoms with Crippen molar-refractivity contribution in [1.82, 2.24) is 4.90 Å². The van der Waals surface area contributed by atoms with E-state index in [9.17, 15) is 13.2 Å². The lowest BCUT2D eigenvalue weighted by Crippen LogP contribution is -2.57. The predicted molar refractivity (Wildman–Crippen MR) is 87.9 cm³/mol. The zero-order valence-corrected chi connectivity index (χ0v) is 14.6. The number of nitrogens with zero attached hydrogens (tertiary/aromatic N) is 1. The molecule has 0 atom stereocenters. The first-order valence-corrected chi connectivity index (χ1v) is 9.54. The fraction of sp³-hybridized carbons (Fsp3) is 0.562. The van der Waals surface area contributed by atoms with Crippen LogP contribution in [0.5, 0.6) is 11.5 Å². The maximum Gasteiger partial charge on any atom is 0.254 e. The molecule has 0 bridgehead atoms. The third-order valence-electron chi connectivity index (χ3n) is 3.84. The molecule has 1 heterocycles. The van der Waals surface area contributed by atoms with Crippen LogP contribution in [0.25, 0.3) is 0 Å². The first-order chi connectivity index (χ1) is 10.9. The van der Waals surface area contributed by atoms with Gasteiger partial charge in [0.1, 0.15) is 0 Å². The number of likely N-dealkylation sites (tertiary alicyclic amines) is 1. The highest BCUT2D eigenvalue weighted by atomic mass is 32.2. The SMILES string of the molecule is CCOc1ccc(C(=O)N2CC(S(=O)(=O)CC)C2)cc1OCC. The molecule has 0 unspecified atom stereocenters. The van der Waals surface area contributed by atoms with Gasteiger partial charge in [-0.1, -0.05) is 6.92 Å². The summed E-state index contributed by atoms with van der Waals surface area (Å²) in [5, 5.41) is -0.439. The number of sulfone groups is 1. The summed E-state index contributed by atoms with van der Waals surface area (Å²) in [6.07, 6.45) is 0. The monoisotopic (exact) mass is 341 g/mol. The second kappa shape index (κ2) is 7.21. The van der Waals surface area contributed by atoms with E-state index in [4.69, 9.17) is 9.47 Å². The maximum atomic E-state index is 12.4. The minimum Gasteiger partial charge on any atom is -0.490 e. The van der Waals surface area contributed by atoms with E-state index in [1.165, 1.54) is 0 Å². The predicted octanol–water partition coefficient (Wildman–Crippen LogP) is 1.74. The lowest BCUT2D eigenvalue weighted by atomic mass is 10.1. The summed E-state index contributed by atoms with van der Waals surface area (Å²) in [5.74, 6) is 1.05. The number of carbonyl (C=O) groups is 1. The Morgan fingerprint density at radius 1 is 1.13 bits per heavy atom. The van der Waals surface area contributed by atoms with Crippen molar-refractivity contribution in [3.8, 4) is 11.5 Å². The topological polar surface area (TPSA) is 72.9 Å².